The van der Waals surface area contributed by atoms with Crippen LogP contribution >= 0.6 is 23.4 Å². The molecule has 5 nitrogen and oxygen atoms in total. The lowest BCUT2D eigenvalue weighted by Gasteiger charge is -2.10. The summed E-state index contributed by atoms with van der Waals surface area (Å²) < 4.78 is 13.1. The quantitative estimate of drug-likeness (QED) is 0.373. The molecule has 2 aromatic heterocycles. The summed E-state index contributed by atoms with van der Waals surface area (Å²) in [6.45, 7) is 0.548. The molecule has 142 valence electrons. The van der Waals surface area contributed by atoms with E-state index in [1.807, 2.05) is 54.6 Å². The Morgan fingerprint density at radius 2 is 1.86 bits per heavy atom. The first-order chi connectivity index (χ1) is 13.7. The van der Waals surface area contributed by atoms with Crippen LogP contribution in [-0.4, -0.2) is 21.9 Å². The molecular formula is C21H18ClN3O2S. The second-order valence-corrected chi connectivity index (χ2v) is 7.46. The molecule has 0 atom stereocenters. The summed E-state index contributed by atoms with van der Waals surface area (Å²) in [5.74, 6) is 3.20. The minimum Gasteiger partial charge on any atom is -0.496 e. The minimum absolute atomic E-state index is 0.548. The highest BCUT2D eigenvalue weighted by molar-refractivity contribution is 7.98. The third kappa shape index (κ3) is 4.08. The molecule has 0 saturated heterocycles. The van der Waals surface area contributed by atoms with E-state index in [-0.39, 0.29) is 0 Å². The van der Waals surface area contributed by atoms with Crippen LogP contribution in [0.25, 0.3) is 11.4 Å². The van der Waals surface area contributed by atoms with Gasteiger partial charge in [0.05, 0.1) is 19.9 Å². The third-order valence-corrected chi connectivity index (χ3v) is 5.53. The Hall–Kier alpha value is -2.70. The van der Waals surface area contributed by atoms with Gasteiger partial charge in [-0.25, -0.2) is 0 Å². The van der Waals surface area contributed by atoms with Gasteiger partial charge in [-0.2, -0.15) is 0 Å². The van der Waals surface area contributed by atoms with Gasteiger partial charge in [-0.15, -0.1) is 10.2 Å². The summed E-state index contributed by atoms with van der Waals surface area (Å²) in [5, 5.41) is 10.4. The van der Waals surface area contributed by atoms with Crippen LogP contribution in [0.2, 0.25) is 5.02 Å². The first kappa shape index (κ1) is 18.7. The lowest BCUT2D eigenvalue weighted by atomic mass is 10.2. The number of aromatic nitrogens is 3. The van der Waals surface area contributed by atoms with Crippen LogP contribution in [0.4, 0.5) is 0 Å². The van der Waals surface area contributed by atoms with Crippen molar-refractivity contribution in [2.75, 3.05) is 7.11 Å². The van der Waals surface area contributed by atoms with Gasteiger partial charge in [0.25, 0.3) is 0 Å². The first-order valence-electron chi connectivity index (χ1n) is 8.71. The number of halogens is 1. The van der Waals surface area contributed by atoms with Crippen LogP contribution in [0.1, 0.15) is 11.3 Å². The van der Waals surface area contributed by atoms with E-state index in [0.717, 1.165) is 39.4 Å². The second-order valence-electron chi connectivity index (χ2n) is 6.08. The Morgan fingerprint density at radius 3 is 2.61 bits per heavy atom. The Labute approximate surface area is 172 Å². The van der Waals surface area contributed by atoms with Gasteiger partial charge in [-0.3, -0.25) is 4.57 Å². The lowest BCUT2D eigenvalue weighted by Crippen LogP contribution is -2.03. The molecule has 0 N–H and O–H groups in total. The van der Waals surface area contributed by atoms with Crippen molar-refractivity contribution >= 4 is 23.4 Å². The molecule has 0 radical (unpaired) electrons. The zero-order chi connectivity index (χ0) is 19.3. The van der Waals surface area contributed by atoms with E-state index in [9.17, 15) is 0 Å². The predicted octanol–water partition coefficient (Wildman–Crippen LogP) is 5.54. The Kier molecular flexibility index (Phi) is 5.69. The van der Waals surface area contributed by atoms with Crippen LogP contribution in [-0.2, 0) is 12.3 Å². The maximum Gasteiger partial charge on any atom is 0.192 e. The van der Waals surface area contributed by atoms with Crippen molar-refractivity contribution in [2.24, 2.45) is 0 Å². The number of benzene rings is 2. The topological polar surface area (TPSA) is 53.1 Å². The number of thioether (sulfide) groups is 1. The zero-order valence-corrected chi connectivity index (χ0v) is 16.8. The third-order valence-electron chi connectivity index (χ3n) is 4.26. The van der Waals surface area contributed by atoms with Crippen molar-refractivity contribution in [1.29, 1.82) is 0 Å². The molecular weight excluding hydrogens is 394 g/mol. The van der Waals surface area contributed by atoms with Crippen LogP contribution in [0.5, 0.6) is 5.75 Å². The van der Waals surface area contributed by atoms with Crippen LogP contribution < -0.4 is 4.74 Å². The molecule has 7 heteroatoms. The van der Waals surface area contributed by atoms with E-state index in [1.165, 1.54) is 0 Å². The summed E-state index contributed by atoms with van der Waals surface area (Å²) in [4.78, 5) is 0. The van der Waals surface area contributed by atoms with Crippen molar-refractivity contribution < 1.29 is 9.15 Å². The summed E-state index contributed by atoms with van der Waals surface area (Å²) in [5.41, 5.74) is 2.06. The summed E-state index contributed by atoms with van der Waals surface area (Å²) in [6, 6.07) is 19.4. The minimum atomic E-state index is 0.548. The Balaban J connectivity index is 1.65. The second kappa shape index (κ2) is 8.54. The van der Waals surface area contributed by atoms with E-state index in [1.54, 1.807) is 25.1 Å². The molecule has 0 aliphatic heterocycles. The van der Waals surface area contributed by atoms with Crippen LogP contribution in [0, 0.1) is 0 Å². The fourth-order valence-electron chi connectivity index (χ4n) is 2.87. The maximum absolute atomic E-state index is 6.03. The Bertz CT molecular complexity index is 1050. The monoisotopic (exact) mass is 411 g/mol. The number of furan rings is 1. The van der Waals surface area contributed by atoms with Crippen LogP contribution in [0.3, 0.4) is 0 Å². The maximum atomic E-state index is 6.03. The highest BCUT2D eigenvalue weighted by atomic mass is 35.5. The SMILES string of the molecule is COc1ccccc1CSc1nnc(-c2ccc(Cl)cc2)n1Cc1ccco1. The summed E-state index contributed by atoms with van der Waals surface area (Å²) in [6.07, 6.45) is 1.67. The van der Waals surface area contributed by atoms with Gasteiger partial charge >= 0.3 is 0 Å². The fourth-order valence-corrected chi connectivity index (χ4v) is 3.93. The van der Waals surface area contributed by atoms with E-state index >= 15 is 0 Å². The van der Waals surface area contributed by atoms with Gasteiger partial charge in [0.15, 0.2) is 11.0 Å². The number of nitrogens with zero attached hydrogens (tertiary/aromatic N) is 3. The summed E-state index contributed by atoms with van der Waals surface area (Å²) in [7, 11) is 1.68. The van der Waals surface area contributed by atoms with Crippen molar-refractivity contribution in [3.8, 4) is 17.1 Å². The van der Waals surface area contributed by atoms with E-state index in [4.69, 9.17) is 20.8 Å². The number of rotatable bonds is 7. The van der Waals surface area contributed by atoms with Gasteiger partial charge in [0, 0.05) is 21.9 Å². The number of hydrogen-bond donors (Lipinski definition) is 0. The molecule has 0 aliphatic carbocycles. The van der Waals surface area contributed by atoms with Gasteiger partial charge in [0.1, 0.15) is 11.5 Å². The van der Waals surface area contributed by atoms with Gasteiger partial charge < -0.3 is 9.15 Å². The van der Waals surface area contributed by atoms with Crippen molar-refractivity contribution in [3.63, 3.8) is 0 Å². The lowest BCUT2D eigenvalue weighted by molar-refractivity contribution is 0.411. The molecule has 0 fully saturated rings. The first-order valence-corrected chi connectivity index (χ1v) is 10.1. The molecule has 2 heterocycles. The largest absolute Gasteiger partial charge is 0.496 e. The molecule has 4 rings (SSSR count). The number of hydrogen-bond acceptors (Lipinski definition) is 5. The molecule has 28 heavy (non-hydrogen) atoms. The van der Waals surface area contributed by atoms with Gasteiger partial charge in [-0.05, 0) is 42.5 Å². The number of para-hydroxylation sites is 1. The average molecular weight is 412 g/mol. The highest BCUT2D eigenvalue weighted by Gasteiger charge is 2.16. The van der Waals surface area contributed by atoms with E-state index < -0.39 is 0 Å². The molecule has 0 unspecified atom stereocenters. The smallest absolute Gasteiger partial charge is 0.192 e. The van der Waals surface area contributed by atoms with Crippen molar-refractivity contribution in [1.82, 2.24) is 14.8 Å². The summed E-state index contributed by atoms with van der Waals surface area (Å²) >= 11 is 7.64. The van der Waals surface area contributed by atoms with Crippen molar-refractivity contribution in [3.05, 3.63) is 83.3 Å². The van der Waals surface area contributed by atoms with E-state index in [0.29, 0.717) is 11.6 Å². The van der Waals surface area contributed by atoms with E-state index in [2.05, 4.69) is 20.8 Å². The number of ether oxygens (including phenoxy) is 1. The molecule has 2 aromatic carbocycles. The van der Waals surface area contributed by atoms with Gasteiger partial charge in [-0.1, -0.05) is 41.6 Å². The molecule has 0 bridgehead atoms. The van der Waals surface area contributed by atoms with Gasteiger partial charge in [0.2, 0.25) is 0 Å². The standard InChI is InChI=1S/C21H18ClN3O2S/c1-26-19-7-3-2-5-16(19)14-28-21-24-23-20(15-8-10-17(22)11-9-15)25(21)13-18-6-4-12-27-18/h2-12H,13-14H2,1H3. The Morgan fingerprint density at radius 1 is 1.04 bits per heavy atom. The number of methoxy groups -OCH3 is 1. The molecule has 0 saturated carbocycles. The normalized spacial score (nSPS) is 10.9. The molecule has 4 aromatic rings. The average Bonchev–Trinajstić information content (AvgIpc) is 3.38. The molecule has 0 amide bonds. The molecule has 0 spiro atoms. The van der Waals surface area contributed by atoms with Crippen LogP contribution in [0.15, 0.2) is 76.5 Å². The van der Waals surface area contributed by atoms with Crippen molar-refractivity contribution in [2.45, 2.75) is 17.5 Å². The predicted molar refractivity (Wildman–Crippen MR) is 111 cm³/mol. The zero-order valence-electron chi connectivity index (χ0n) is 15.2. The fraction of sp³-hybridized carbons (Fsp3) is 0.143. The molecule has 0 aliphatic rings. The highest BCUT2D eigenvalue weighted by Crippen LogP contribution is 2.30.